The van der Waals surface area contributed by atoms with Crippen LogP contribution < -0.4 is 16.8 Å². The largest absolute Gasteiger partial charge is 0.383 e. The lowest BCUT2D eigenvalue weighted by atomic mass is 10.2. The Kier molecular flexibility index (Phi) is 4.06. The van der Waals surface area contributed by atoms with Gasteiger partial charge in [0.05, 0.1) is 6.54 Å². The monoisotopic (exact) mass is 365 g/mol. The molecule has 8 heteroatoms. The van der Waals surface area contributed by atoms with Gasteiger partial charge in [-0.15, -0.1) is 0 Å². The Morgan fingerprint density at radius 3 is 2.58 bits per heavy atom. The van der Waals surface area contributed by atoms with Crippen molar-refractivity contribution in [2.75, 3.05) is 16.8 Å². The number of nitrogens with zero attached hydrogens (tertiary/aromatic N) is 4. The van der Waals surface area contributed by atoms with Crippen LogP contribution in [0, 0.1) is 0 Å². The van der Waals surface area contributed by atoms with Crippen LogP contribution in [0.1, 0.15) is 5.56 Å². The third-order valence-electron chi connectivity index (χ3n) is 3.90. The molecule has 0 bridgehead atoms. The molecule has 0 amide bonds. The van der Waals surface area contributed by atoms with E-state index in [4.69, 9.17) is 23.1 Å². The van der Waals surface area contributed by atoms with Gasteiger partial charge in [0.15, 0.2) is 11.5 Å². The van der Waals surface area contributed by atoms with E-state index in [0.717, 1.165) is 11.3 Å². The normalized spacial score (nSPS) is 11.0. The van der Waals surface area contributed by atoms with Crippen LogP contribution in [0.4, 0.5) is 23.3 Å². The van der Waals surface area contributed by atoms with Crippen LogP contribution in [0.15, 0.2) is 54.6 Å². The number of aromatic nitrogens is 4. The molecule has 7 nitrogen and oxygen atoms in total. The molecule has 26 heavy (non-hydrogen) atoms. The van der Waals surface area contributed by atoms with Crippen molar-refractivity contribution in [3.8, 4) is 0 Å². The molecule has 0 radical (unpaired) electrons. The standard InChI is InChI=1S/C18H16ClN7/c19-12-7-4-8-13(9-12)22-16-14-15(20)23-18(21)24-17(14)26(25-16)10-11-5-2-1-3-6-11/h1-9H,10H2,(H,22,25)(H4,20,21,23,24). The minimum absolute atomic E-state index is 0.110. The van der Waals surface area contributed by atoms with Gasteiger partial charge < -0.3 is 16.8 Å². The van der Waals surface area contributed by atoms with Crippen molar-refractivity contribution >= 4 is 45.9 Å². The summed E-state index contributed by atoms with van der Waals surface area (Å²) in [5.74, 6) is 0.936. The second-order valence-electron chi connectivity index (χ2n) is 5.79. The lowest BCUT2D eigenvalue weighted by Gasteiger charge is -2.04. The Hall–Kier alpha value is -3.32. The molecule has 4 aromatic rings. The summed E-state index contributed by atoms with van der Waals surface area (Å²) in [5, 5.41) is 9.12. The van der Waals surface area contributed by atoms with Gasteiger partial charge in [-0.2, -0.15) is 15.1 Å². The van der Waals surface area contributed by atoms with Gasteiger partial charge in [0.25, 0.3) is 0 Å². The molecule has 0 unspecified atom stereocenters. The molecule has 2 aromatic heterocycles. The molecular weight excluding hydrogens is 350 g/mol. The molecule has 4 rings (SSSR count). The lowest BCUT2D eigenvalue weighted by Crippen LogP contribution is -2.05. The van der Waals surface area contributed by atoms with Crippen molar-refractivity contribution in [3.05, 3.63) is 65.2 Å². The first-order chi connectivity index (χ1) is 12.6. The minimum Gasteiger partial charge on any atom is -0.383 e. The Morgan fingerprint density at radius 1 is 1.00 bits per heavy atom. The van der Waals surface area contributed by atoms with Crippen LogP contribution in [0.2, 0.25) is 5.02 Å². The first-order valence-electron chi connectivity index (χ1n) is 7.96. The molecule has 0 aliphatic carbocycles. The molecule has 0 atom stereocenters. The van der Waals surface area contributed by atoms with E-state index in [9.17, 15) is 0 Å². The number of benzene rings is 2. The van der Waals surface area contributed by atoms with E-state index in [0.29, 0.717) is 28.4 Å². The molecule has 5 N–H and O–H groups in total. The smallest absolute Gasteiger partial charge is 0.224 e. The summed E-state index contributed by atoms with van der Waals surface area (Å²) in [6.45, 7) is 0.532. The summed E-state index contributed by atoms with van der Waals surface area (Å²) in [7, 11) is 0. The highest BCUT2D eigenvalue weighted by Gasteiger charge is 2.17. The Balaban J connectivity index is 1.82. The van der Waals surface area contributed by atoms with E-state index in [1.807, 2.05) is 42.5 Å². The van der Waals surface area contributed by atoms with Gasteiger partial charge in [-0.25, -0.2) is 4.68 Å². The summed E-state index contributed by atoms with van der Waals surface area (Å²) in [6, 6.07) is 17.3. The van der Waals surface area contributed by atoms with Crippen molar-refractivity contribution < 1.29 is 0 Å². The van der Waals surface area contributed by atoms with Gasteiger partial charge in [0.2, 0.25) is 5.95 Å². The molecule has 0 saturated carbocycles. The third-order valence-corrected chi connectivity index (χ3v) is 4.13. The summed E-state index contributed by atoms with van der Waals surface area (Å²) in [5.41, 5.74) is 14.3. The first kappa shape index (κ1) is 16.2. The van der Waals surface area contributed by atoms with Crippen molar-refractivity contribution in [2.45, 2.75) is 6.54 Å². The van der Waals surface area contributed by atoms with Gasteiger partial charge >= 0.3 is 0 Å². The number of hydrogen-bond donors (Lipinski definition) is 3. The van der Waals surface area contributed by atoms with Crippen molar-refractivity contribution in [2.24, 2.45) is 0 Å². The minimum atomic E-state index is 0.110. The van der Waals surface area contributed by atoms with E-state index in [1.165, 1.54) is 0 Å². The van der Waals surface area contributed by atoms with Crippen molar-refractivity contribution in [1.82, 2.24) is 19.7 Å². The predicted octanol–water partition coefficient (Wildman–Crippen LogP) is 3.44. The highest BCUT2D eigenvalue weighted by Crippen LogP contribution is 2.30. The van der Waals surface area contributed by atoms with Gasteiger partial charge in [0, 0.05) is 10.7 Å². The van der Waals surface area contributed by atoms with Crippen molar-refractivity contribution in [3.63, 3.8) is 0 Å². The molecule has 0 aliphatic rings. The number of rotatable bonds is 4. The zero-order chi connectivity index (χ0) is 18.1. The van der Waals surface area contributed by atoms with E-state index in [-0.39, 0.29) is 11.8 Å². The number of anilines is 4. The topological polar surface area (TPSA) is 108 Å². The quantitative estimate of drug-likeness (QED) is 0.511. The maximum absolute atomic E-state index is 6.10. The highest BCUT2D eigenvalue weighted by molar-refractivity contribution is 6.30. The second kappa shape index (κ2) is 6.53. The van der Waals surface area contributed by atoms with E-state index in [2.05, 4.69) is 20.4 Å². The van der Waals surface area contributed by atoms with E-state index >= 15 is 0 Å². The molecule has 130 valence electrons. The Labute approximate surface area is 154 Å². The fourth-order valence-electron chi connectivity index (χ4n) is 2.77. The number of fused-ring (bicyclic) bond motifs is 1. The van der Waals surface area contributed by atoms with Crippen LogP contribution in [-0.2, 0) is 6.54 Å². The predicted molar refractivity (Wildman–Crippen MR) is 104 cm³/mol. The maximum atomic E-state index is 6.10. The first-order valence-corrected chi connectivity index (χ1v) is 8.34. The zero-order valence-corrected chi connectivity index (χ0v) is 14.5. The van der Waals surface area contributed by atoms with Crippen LogP contribution in [-0.4, -0.2) is 19.7 Å². The summed E-state index contributed by atoms with van der Waals surface area (Å²) in [6.07, 6.45) is 0. The average molecular weight is 366 g/mol. The average Bonchev–Trinajstić information content (AvgIpc) is 2.93. The Bertz CT molecular complexity index is 1080. The number of nitrogen functional groups attached to an aromatic ring is 2. The van der Waals surface area contributed by atoms with Gasteiger partial charge in [-0.1, -0.05) is 48.0 Å². The summed E-state index contributed by atoms with van der Waals surface area (Å²) in [4.78, 5) is 8.40. The van der Waals surface area contributed by atoms with Crippen molar-refractivity contribution in [1.29, 1.82) is 0 Å². The summed E-state index contributed by atoms with van der Waals surface area (Å²) >= 11 is 6.06. The second-order valence-corrected chi connectivity index (χ2v) is 6.23. The molecule has 2 heterocycles. The number of nitrogens with one attached hydrogen (secondary N) is 1. The zero-order valence-electron chi connectivity index (χ0n) is 13.7. The van der Waals surface area contributed by atoms with Crippen LogP contribution in [0.5, 0.6) is 0 Å². The van der Waals surface area contributed by atoms with Gasteiger partial charge in [-0.3, -0.25) is 0 Å². The highest BCUT2D eigenvalue weighted by atomic mass is 35.5. The van der Waals surface area contributed by atoms with E-state index < -0.39 is 0 Å². The van der Waals surface area contributed by atoms with Crippen LogP contribution in [0.25, 0.3) is 11.0 Å². The van der Waals surface area contributed by atoms with Crippen LogP contribution >= 0.6 is 11.6 Å². The van der Waals surface area contributed by atoms with E-state index in [1.54, 1.807) is 16.8 Å². The third kappa shape index (κ3) is 3.12. The molecule has 0 fully saturated rings. The van der Waals surface area contributed by atoms with Gasteiger partial charge in [0.1, 0.15) is 11.2 Å². The van der Waals surface area contributed by atoms with Crippen LogP contribution in [0.3, 0.4) is 0 Å². The molecule has 2 aromatic carbocycles. The SMILES string of the molecule is Nc1nc(N)c2c(Nc3cccc(Cl)c3)nn(Cc3ccccc3)c2n1. The molecular formula is C18H16ClN7. The lowest BCUT2D eigenvalue weighted by molar-refractivity contribution is 0.707. The molecule has 0 spiro atoms. The fraction of sp³-hybridized carbons (Fsp3) is 0.0556. The Morgan fingerprint density at radius 2 is 1.81 bits per heavy atom. The van der Waals surface area contributed by atoms with Gasteiger partial charge in [-0.05, 0) is 23.8 Å². The number of hydrogen-bond acceptors (Lipinski definition) is 6. The number of halogens is 1. The maximum Gasteiger partial charge on any atom is 0.224 e. The fourth-order valence-corrected chi connectivity index (χ4v) is 2.96. The number of nitrogens with two attached hydrogens (primary N) is 2. The summed E-state index contributed by atoms with van der Waals surface area (Å²) < 4.78 is 1.76. The molecule has 0 aliphatic heterocycles. The molecule has 0 saturated heterocycles.